The highest BCUT2D eigenvalue weighted by molar-refractivity contribution is 7.89. The topological polar surface area (TPSA) is 97.0 Å². The number of ether oxygens (including phenoxy) is 2. The molecule has 2 N–H and O–H groups in total. The van der Waals surface area contributed by atoms with E-state index in [2.05, 4.69) is 10.6 Å². The van der Waals surface area contributed by atoms with Crippen molar-refractivity contribution in [2.75, 3.05) is 38.7 Å². The second-order valence-corrected chi connectivity index (χ2v) is 8.38. The smallest absolute Gasteiger partial charge is 0.246 e. The molecule has 1 aromatic carbocycles. The molecule has 2 saturated heterocycles. The molecule has 2 aliphatic rings. The number of carbonyl (C=O) groups is 1. The van der Waals surface area contributed by atoms with Crippen LogP contribution < -0.4 is 15.4 Å². The molecule has 0 aromatic heterocycles. The van der Waals surface area contributed by atoms with E-state index in [0.29, 0.717) is 31.9 Å². The van der Waals surface area contributed by atoms with Crippen molar-refractivity contribution in [1.29, 1.82) is 0 Å². The fourth-order valence-corrected chi connectivity index (χ4v) is 4.93. The summed E-state index contributed by atoms with van der Waals surface area (Å²) in [6.07, 6.45) is 1.50. The number of rotatable bonds is 5. The zero-order chi connectivity index (χ0) is 18.7. The Balaban J connectivity index is 0.00000261. The van der Waals surface area contributed by atoms with Crippen molar-refractivity contribution in [3.63, 3.8) is 0 Å². The summed E-state index contributed by atoms with van der Waals surface area (Å²) < 4.78 is 37.8. The molecule has 8 nitrogen and oxygen atoms in total. The molecule has 152 valence electrons. The number of halogens is 1. The number of sulfonamides is 1. The third-order valence-electron chi connectivity index (χ3n) is 4.71. The van der Waals surface area contributed by atoms with Crippen molar-refractivity contribution in [2.24, 2.45) is 0 Å². The number of anilines is 1. The number of nitrogens with one attached hydrogen (secondary N) is 2. The number of nitrogens with zero attached hydrogens (tertiary/aromatic N) is 1. The van der Waals surface area contributed by atoms with Crippen LogP contribution in [-0.4, -0.2) is 64.1 Å². The van der Waals surface area contributed by atoms with Gasteiger partial charge in [-0.05, 0) is 31.9 Å². The fourth-order valence-electron chi connectivity index (χ4n) is 3.27. The summed E-state index contributed by atoms with van der Waals surface area (Å²) in [5, 5.41) is 5.91. The number of hydrogen-bond donors (Lipinski definition) is 2. The molecule has 2 heterocycles. The summed E-state index contributed by atoms with van der Waals surface area (Å²) in [4.78, 5) is 12.6. The Morgan fingerprint density at radius 1 is 1.33 bits per heavy atom. The van der Waals surface area contributed by atoms with Gasteiger partial charge in [0.05, 0.1) is 19.8 Å². The van der Waals surface area contributed by atoms with E-state index < -0.39 is 16.1 Å². The molecule has 0 bridgehead atoms. The minimum atomic E-state index is -3.59. The van der Waals surface area contributed by atoms with Crippen LogP contribution in [0.2, 0.25) is 0 Å². The van der Waals surface area contributed by atoms with Crippen molar-refractivity contribution < 1.29 is 22.7 Å². The van der Waals surface area contributed by atoms with Crippen molar-refractivity contribution in [1.82, 2.24) is 9.62 Å². The van der Waals surface area contributed by atoms with Crippen molar-refractivity contribution in [3.05, 3.63) is 18.2 Å². The molecule has 0 spiro atoms. The monoisotopic (exact) mass is 419 g/mol. The van der Waals surface area contributed by atoms with Gasteiger partial charge in [-0.25, -0.2) is 8.42 Å². The van der Waals surface area contributed by atoms with Gasteiger partial charge >= 0.3 is 0 Å². The standard InChI is InChI=1S/C17H25N3O5S.ClH/c1-12-16(18-7-10-25-12)17(21)19-13-5-6-15(14(11-13)24-2)26(22,23)20-8-3-4-9-20;/h5-6,11-12,16,18H,3-4,7-10H2,1-2H3,(H,19,21);1H/t12-,16+;/m1./s1. The molecule has 10 heteroatoms. The number of amides is 1. The zero-order valence-electron chi connectivity index (χ0n) is 15.4. The average molecular weight is 420 g/mol. The van der Waals surface area contributed by atoms with Crippen LogP contribution in [0.3, 0.4) is 0 Å². The maximum Gasteiger partial charge on any atom is 0.246 e. The van der Waals surface area contributed by atoms with E-state index in [9.17, 15) is 13.2 Å². The van der Waals surface area contributed by atoms with Gasteiger partial charge in [0.2, 0.25) is 15.9 Å². The van der Waals surface area contributed by atoms with Crippen molar-refractivity contribution >= 4 is 34.0 Å². The highest BCUT2D eigenvalue weighted by Gasteiger charge is 2.31. The minimum Gasteiger partial charge on any atom is -0.495 e. The molecule has 0 unspecified atom stereocenters. The van der Waals surface area contributed by atoms with Gasteiger partial charge < -0.3 is 20.1 Å². The van der Waals surface area contributed by atoms with Crippen LogP contribution in [0.1, 0.15) is 19.8 Å². The van der Waals surface area contributed by atoms with Gasteiger partial charge in [0.25, 0.3) is 0 Å². The average Bonchev–Trinajstić information content (AvgIpc) is 3.17. The van der Waals surface area contributed by atoms with Gasteiger partial charge in [-0.1, -0.05) is 0 Å². The van der Waals surface area contributed by atoms with Crippen LogP contribution in [-0.2, 0) is 19.6 Å². The molecular weight excluding hydrogens is 394 g/mol. The van der Waals surface area contributed by atoms with Gasteiger partial charge in [-0.15, -0.1) is 12.4 Å². The van der Waals surface area contributed by atoms with Gasteiger partial charge in [0.1, 0.15) is 16.7 Å². The van der Waals surface area contributed by atoms with E-state index in [1.807, 2.05) is 6.92 Å². The first-order chi connectivity index (χ1) is 12.4. The van der Waals surface area contributed by atoms with Crippen LogP contribution in [0.4, 0.5) is 5.69 Å². The van der Waals surface area contributed by atoms with Crippen LogP contribution >= 0.6 is 12.4 Å². The summed E-state index contributed by atoms with van der Waals surface area (Å²) >= 11 is 0. The highest BCUT2D eigenvalue weighted by atomic mass is 35.5. The lowest BCUT2D eigenvalue weighted by atomic mass is 10.1. The van der Waals surface area contributed by atoms with E-state index in [0.717, 1.165) is 12.8 Å². The maximum absolute atomic E-state index is 12.8. The zero-order valence-corrected chi connectivity index (χ0v) is 17.1. The second-order valence-electron chi connectivity index (χ2n) is 6.47. The fraction of sp³-hybridized carbons (Fsp3) is 0.588. The SMILES string of the molecule is COc1cc(NC(=O)[C@H]2NCCO[C@@H]2C)ccc1S(=O)(=O)N1CCCC1.Cl. The summed E-state index contributed by atoms with van der Waals surface area (Å²) in [6, 6.07) is 4.14. The molecule has 2 atom stereocenters. The van der Waals surface area contributed by atoms with Gasteiger partial charge in [0.15, 0.2) is 0 Å². The quantitative estimate of drug-likeness (QED) is 0.744. The van der Waals surface area contributed by atoms with E-state index >= 15 is 0 Å². The first kappa shape index (κ1) is 21.9. The Morgan fingerprint density at radius 2 is 2.04 bits per heavy atom. The molecule has 0 saturated carbocycles. The summed E-state index contributed by atoms with van der Waals surface area (Å²) in [7, 11) is -2.17. The minimum absolute atomic E-state index is 0. The Morgan fingerprint density at radius 3 is 2.67 bits per heavy atom. The van der Waals surface area contributed by atoms with Gasteiger partial charge in [-0.2, -0.15) is 4.31 Å². The third kappa shape index (κ3) is 4.72. The molecule has 0 radical (unpaired) electrons. The van der Waals surface area contributed by atoms with Crippen molar-refractivity contribution in [3.8, 4) is 5.75 Å². The lowest BCUT2D eigenvalue weighted by molar-refractivity contribution is -0.123. The Labute approximate surface area is 166 Å². The van der Waals surface area contributed by atoms with E-state index in [4.69, 9.17) is 9.47 Å². The first-order valence-electron chi connectivity index (χ1n) is 8.77. The van der Waals surface area contributed by atoms with E-state index in [-0.39, 0.29) is 35.1 Å². The maximum atomic E-state index is 12.8. The molecule has 0 aliphatic carbocycles. The lowest BCUT2D eigenvalue weighted by Gasteiger charge is -2.29. The molecule has 2 fully saturated rings. The van der Waals surface area contributed by atoms with Gasteiger partial charge in [0, 0.05) is 31.4 Å². The van der Waals surface area contributed by atoms with Crippen LogP contribution in [0.5, 0.6) is 5.75 Å². The van der Waals surface area contributed by atoms with Crippen LogP contribution in [0.15, 0.2) is 23.1 Å². The normalized spacial score (nSPS) is 23.5. The Hall–Kier alpha value is -1.39. The molecule has 1 amide bonds. The van der Waals surface area contributed by atoms with Crippen LogP contribution in [0.25, 0.3) is 0 Å². The number of hydrogen-bond acceptors (Lipinski definition) is 6. The number of benzene rings is 1. The Bertz CT molecular complexity index is 768. The predicted molar refractivity (Wildman–Crippen MR) is 104 cm³/mol. The largest absolute Gasteiger partial charge is 0.495 e. The lowest BCUT2D eigenvalue weighted by Crippen LogP contribution is -2.53. The molecule has 1 aromatic rings. The van der Waals surface area contributed by atoms with Gasteiger partial charge in [-0.3, -0.25) is 4.79 Å². The molecule has 3 rings (SSSR count). The number of methoxy groups -OCH3 is 1. The number of carbonyl (C=O) groups excluding carboxylic acids is 1. The molecule has 2 aliphatic heterocycles. The van der Waals surface area contributed by atoms with Crippen molar-refractivity contribution in [2.45, 2.75) is 36.8 Å². The summed E-state index contributed by atoms with van der Waals surface area (Å²) in [5.74, 6) is -0.00925. The van der Waals surface area contributed by atoms with E-state index in [1.165, 1.54) is 23.5 Å². The molecular formula is C17H26ClN3O5S. The number of morpholine rings is 1. The van der Waals surface area contributed by atoms with E-state index in [1.54, 1.807) is 6.07 Å². The molecule has 27 heavy (non-hydrogen) atoms. The summed E-state index contributed by atoms with van der Waals surface area (Å²) in [5.41, 5.74) is 0.479. The first-order valence-corrected chi connectivity index (χ1v) is 10.2. The third-order valence-corrected chi connectivity index (χ3v) is 6.65. The Kier molecular flexibility index (Phi) is 7.47. The summed E-state index contributed by atoms with van der Waals surface area (Å²) in [6.45, 7) is 4.06. The highest BCUT2D eigenvalue weighted by Crippen LogP contribution is 2.31. The predicted octanol–water partition coefficient (Wildman–Crippen LogP) is 1.22. The second kappa shape index (κ2) is 9.20. The van der Waals surface area contributed by atoms with Crippen LogP contribution in [0, 0.1) is 0 Å².